The van der Waals surface area contributed by atoms with Crippen LogP contribution in [0.1, 0.15) is 29.6 Å². The minimum Gasteiger partial charge on any atom is -0.483 e. The molecule has 1 aliphatic heterocycles. The molecule has 0 unspecified atom stereocenters. The van der Waals surface area contributed by atoms with E-state index in [4.69, 9.17) is 10.5 Å². The van der Waals surface area contributed by atoms with Crippen LogP contribution in [0.3, 0.4) is 0 Å². The van der Waals surface area contributed by atoms with Crippen LogP contribution in [0.2, 0.25) is 0 Å². The Kier molecular flexibility index (Phi) is 5.03. The van der Waals surface area contributed by atoms with Crippen molar-refractivity contribution in [3.8, 4) is 5.75 Å². The number of esters is 1. The van der Waals surface area contributed by atoms with E-state index < -0.39 is 5.97 Å². The van der Waals surface area contributed by atoms with Crippen molar-refractivity contribution in [2.75, 3.05) is 32.5 Å². The second-order valence-corrected chi connectivity index (χ2v) is 4.98. The van der Waals surface area contributed by atoms with Gasteiger partial charge in [0, 0.05) is 18.8 Å². The lowest BCUT2D eigenvalue weighted by molar-refractivity contribution is -0.134. The summed E-state index contributed by atoms with van der Waals surface area (Å²) in [5.74, 6) is -0.300. The molecule has 0 aliphatic carbocycles. The summed E-state index contributed by atoms with van der Waals surface area (Å²) in [6, 6.07) is 4.67. The van der Waals surface area contributed by atoms with Gasteiger partial charge in [-0.15, -0.1) is 0 Å². The third-order valence-electron chi connectivity index (χ3n) is 3.47. The van der Waals surface area contributed by atoms with Gasteiger partial charge in [-0.05, 0) is 37.5 Å². The Hall–Kier alpha value is -2.24. The standard InChI is InChI=1S/C15H20N2O4/c1-20-15(19)12-9-11(16)5-6-13(12)21-10-14(18)17-7-3-2-4-8-17/h5-6,9H,2-4,7-8,10,16H2,1H3. The molecule has 1 amide bonds. The van der Waals surface area contributed by atoms with Crippen LogP contribution < -0.4 is 10.5 Å². The highest BCUT2D eigenvalue weighted by Gasteiger charge is 2.19. The van der Waals surface area contributed by atoms with Crippen molar-refractivity contribution in [1.82, 2.24) is 4.90 Å². The highest BCUT2D eigenvalue weighted by atomic mass is 16.5. The Morgan fingerprint density at radius 2 is 1.95 bits per heavy atom. The largest absolute Gasteiger partial charge is 0.483 e. The molecule has 0 bridgehead atoms. The van der Waals surface area contributed by atoms with Gasteiger partial charge in [-0.25, -0.2) is 4.79 Å². The molecule has 21 heavy (non-hydrogen) atoms. The van der Waals surface area contributed by atoms with Crippen molar-refractivity contribution in [2.24, 2.45) is 0 Å². The lowest BCUT2D eigenvalue weighted by Crippen LogP contribution is -2.38. The number of hydrogen-bond donors (Lipinski definition) is 1. The summed E-state index contributed by atoms with van der Waals surface area (Å²) >= 11 is 0. The molecule has 6 nitrogen and oxygen atoms in total. The van der Waals surface area contributed by atoms with Gasteiger partial charge in [-0.2, -0.15) is 0 Å². The van der Waals surface area contributed by atoms with E-state index in [-0.39, 0.29) is 18.1 Å². The first-order chi connectivity index (χ1) is 10.1. The SMILES string of the molecule is COC(=O)c1cc(N)ccc1OCC(=O)N1CCCCC1. The summed E-state index contributed by atoms with van der Waals surface area (Å²) in [4.78, 5) is 25.5. The highest BCUT2D eigenvalue weighted by molar-refractivity contribution is 5.93. The van der Waals surface area contributed by atoms with Crippen molar-refractivity contribution < 1.29 is 19.1 Å². The topological polar surface area (TPSA) is 81.9 Å². The Labute approximate surface area is 123 Å². The van der Waals surface area contributed by atoms with Gasteiger partial charge in [0.25, 0.3) is 5.91 Å². The van der Waals surface area contributed by atoms with Crippen LogP contribution in [0.4, 0.5) is 5.69 Å². The number of hydrogen-bond acceptors (Lipinski definition) is 5. The molecule has 0 aromatic heterocycles. The number of ether oxygens (including phenoxy) is 2. The molecule has 0 radical (unpaired) electrons. The first-order valence-electron chi connectivity index (χ1n) is 7.00. The Morgan fingerprint density at radius 3 is 2.62 bits per heavy atom. The van der Waals surface area contributed by atoms with Crippen molar-refractivity contribution >= 4 is 17.6 Å². The van der Waals surface area contributed by atoms with Gasteiger partial charge < -0.3 is 20.1 Å². The smallest absolute Gasteiger partial charge is 0.341 e. The molecular formula is C15H20N2O4. The quantitative estimate of drug-likeness (QED) is 0.671. The van der Waals surface area contributed by atoms with Crippen molar-refractivity contribution in [3.05, 3.63) is 23.8 Å². The molecule has 0 atom stereocenters. The first kappa shape index (κ1) is 15.2. The molecule has 1 aromatic carbocycles. The van der Waals surface area contributed by atoms with Gasteiger partial charge in [0.1, 0.15) is 11.3 Å². The normalized spacial score (nSPS) is 14.6. The highest BCUT2D eigenvalue weighted by Crippen LogP contribution is 2.22. The number of benzene rings is 1. The van der Waals surface area contributed by atoms with E-state index in [0.717, 1.165) is 32.4 Å². The molecule has 0 spiro atoms. The average molecular weight is 292 g/mol. The number of piperidine rings is 1. The van der Waals surface area contributed by atoms with E-state index in [1.165, 1.54) is 13.2 Å². The molecule has 114 valence electrons. The molecule has 2 N–H and O–H groups in total. The van der Waals surface area contributed by atoms with Crippen LogP contribution >= 0.6 is 0 Å². The molecule has 0 saturated carbocycles. The number of nitrogens with two attached hydrogens (primary N) is 1. The lowest BCUT2D eigenvalue weighted by Gasteiger charge is -2.26. The zero-order valence-electron chi connectivity index (χ0n) is 12.1. The van der Waals surface area contributed by atoms with Gasteiger partial charge in [0.2, 0.25) is 0 Å². The fraction of sp³-hybridized carbons (Fsp3) is 0.467. The molecule has 6 heteroatoms. The number of rotatable bonds is 4. The third kappa shape index (κ3) is 3.87. The fourth-order valence-electron chi connectivity index (χ4n) is 2.32. The maximum Gasteiger partial charge on any atom is 0.341 e. The number of amides is 1. The number of anilines is 1. The zero-order valence-corrected chi connectivity index (χ0v) is 12.1. The lowest BCUT2D eigenvalue weighted by atomic mass is 10.1. The summed E-state index contributed by atoms with van der Waals surface area (Å²) < 4.78 is 10.2. The summed E-state index contributed by atoms with van der Waals surface area (Å²) in [5, 5.41) is 0. The van der Waals surface area contributed by atoms with Gasteiger partial charge in [0.15, 0.2) is 6.61 Å². The third-order valence-corrected chi connectivity index (χ3v) is 3.47. The number of nitrogens with zero attached hydrogens (tertiary/aromatic N) is 1. The van der Waals surface area contributed by atoms with Gasteiger partial charge in [0.05, 0.1) is 7.11 Å². The second-order valence-electron chi connectivity index (χ2n) is 4.98. The monoisotopic (exact) mass is 292 g/mol. The number of likely N-dealkylation sites (tertiary alicyclic amines) is 1. The minimum atomic E-state index is -0.539. The van der Waals surface area contributed by atoms with Crippen LogP contribution in [-0.4, -0.2) is 43.6 Å². The van der Waals surface area contributed by atoms with Crippen LogP contribution in [0, 0.1) is 0 Å². The van der Waals surface area contributed by atoms with E-state index in [1.807, 2.05) is 0 Å². The molecule has 2 rings (SSSR count). The number of carbonyl (C=O) groups excluding carboxylic acids is 2. The number of nitrogen functional groups attached to an aromatic ring is 1. The molecule has 1 aromatic rings. The van der Waals surface area contributed by atoms with E-state index in [0.29, 0.717) is 11.4 Å². The molecule has 1 heterocycles. The molecular weight excluding hydrogens is 272 g/mol. The van der Waals surface area contributed by atoms with E-state index in [2.05, 4.69) is 4.74 Å². The maximum atomic E-state index is 12.0. The zero-order chi connectivity index (χ0) is 15.2. The summed E-state index contributed by atoms with van der Waals surface area (Å²) in [6.45, 7) is 1.45. The predicted molar refractivity (Wildman–Crippen MR) is 78.1 cm³/mol. The summed E-state index contributed by atoms with van der Waals surface area (Å²) in [5.41, 5.74) is 6.32. The van der Waals surface area contributed by atoms with Crippen molar-refractivity contribution in [3.63, 3.8) is 0 Å². The average Bonchev–Trinajstić information content (AvgIpc) is 2.53. The van der Waals surface area contributed by atoms with Crippen LogP contribution in [0.5, 0.6) is 5.75 Å². The maximum absolute atomic E-state index is 12.0. The van der Waals surface area contributed by atoms with Crippen molar-refractivity contribution in [1.29, 1.82) is 0 Å². The fourth-order valence-corrected chi connectivity index (χ4v) is 2.32. The summed E-state index contributed by atoms with van der Waals surface area (Å²) in [7, 11) is 1.29. The Bertz CT molecular complexity index is 524. The van der Waals surface area contributed by atoms with E-state index >= 15 is 0 Å². The Balaban J connectivity index is 2.02. The Morgan fingerprint density at radius 1 is 1.24 bits per heavy atom. The first-order valence-corrected chi connectivity index (χ1v) is 7.00. The van der Waals surface area contributed by atoms with Gasteiger partial charge in [-0.1, -0.05) is 0 Å². The molecule has 1 aliphatic rings. The second kappa shape index (κ2) is 6.97. The van der Waals surface area contributed by atoms with Crippen LogP contribution in [-0.2, 0) is 9.53 Å². The van der Waals surface area contributed by atoms with Gasteiger partial charge >= 0.3 is 5.97 Å². The van der Waals surface area contributed by atoms with Crippen LogP contribution in [0.15, 0.2) is 18.2 Å². The number of methoxy groups -OCH3 is 1. The van der Waals surface area contributed by atoms with Crippen LogP contribution in [0.25, 0.3) is 0 Å². The van der Waals surface area contributed by atoms with Crippen molar-refractivity contribution in [2.45, 2.75) is 19.3 Å². The molecule has 1 saturated heterocycles. The number of carbonyl (C=O) groups is 2. The van der Waals surface area contributed by atoms with E-state index in [1.54, 1.807) is 17.0 Å². The summed E-state index contributed by atoms with van der Waals surface area (Å²) in [6.07, 6.45) is 3.22. The predicted octanol–water partition coefficient (Wildman–Crippen LogP) is 1.45. The molecule has 1 fully saturated rings. The minimum absolute atomic E-state index is 0.0673. The van der Waals surface area contributed by atoms with Gasteiger partial charge in [-0.3, -0.25) is 4.79 Å². The van der Waals surface area contributed by atoms with E-state index in [9.17, 15) is 9.59 Å².